The molecule has 2 aromatic rings. The first-order valence-corrected chi connectivity index (χ1v) is 6.59. The zero-order valence-electron chi connectivity index (χ0n) is 11.2. The summed E-state index contributed by atoms with van der Waals surface area (Å²) in [5.41, 5.74) is 3.27. The Morgan fingerprint density at radius 3 is 2.50 bits per heavy atom. The van der Waals surface area contributed by atoms with Crippen LogP contribution in [0.25, 0.3) is 10.9 Å². The van der Waals surface area contributed by atoms with E-state index in [0.717, 1.165) is 29.4 Å². The zero-order valence-corrected chi connectivity index (χ0v) is 11.2. The van der Waals surface area contributed by atoms with Crippen LogP contribution in [0, 0.1) is 0 Å². The van der Waals surface area contributed by atoms with E-state index in [1.807, 2.05) is 6.07 Å². The van der Waals surface area contributed by atoms with Crippen molar-refractivity contribution in [1.82, 2.24) is 4.98 Å². The van der Waals surface area contributed by atoms with E-state index in [-0.39, 0.29) is 5.41 Å². The second-order valence-electron chi connectivity index (χ2n) is 6.32. The summed E-state index contributed by atoms with van der Waals surface area (Å²) in [4.78, 5) is 4.61. The van der Waals surface area contributed by atoms with Gasteiger partial charge in [-0.25, -0.2) is 4.98 Å². The number of hydrogen-bond acceptors (Lipinski definition) is 2. The topological polar surface area (TPSA) is 33.1 Å². The van der Waals surface area contributed by atoms with Crippen molar-refractivity contribution in [2.45, 2.75) is 44.9 Å². The van der Waals surface area contributed by atoms with Gasteiger partial charge in [0.2, 0.25) is 0 Å². The largest absolute Gasteiger partial charge is 0.506 e. The van der Waals surface area contributed by atoms with Crippen molar-refractivity contribution < 1.29 is 5.11 Å². The highest BCUT2D eigenvalue weighted by Crippen LogP contribution is 2.43. The van der Waals surface area contributed by atoms with Crippen molar-refractivity contribution in [3.63, 3.8) is 0 Å². The molecule has 1 aromatic heterocycles. The van der Waals surface area contributed by atoms with Gasteiger partial charge in [-0.1, -0.05) is 26.8 Å². The molecule has 1 saturated carbocycles. The summed E-state index contributed by atoms with van der Waals surface area (Å²) < 4.78 is 0. The molecule has 1 fully saturated rings. The van der Waals surface area contributed by atoms with Crippen LogP contribution in [0.5, 0.6) is 5.75 Å². The van der Waals surface area contributed by atoms with Gasteiger partial charge in [0.15, 0.2) is 0 Å². The van der Waals surface area contributed by atoms with Crippen LogP contribution >= 0.6 is 0 Å². The highest BCUT2D eigenvalue weighted by Gasteiger charge is 2.28. The molecule has 0 aliphatic heterocycles. The van der Waals surface area contributed by atoms with Crippen LogP contribution in [0.3, 0.4) is 0 Å². The lowest BCUT2D eigenvalue weighted by Crippen LogP contribution is -2.10. The SMILES string of the molecule is CC(C)(C)c1ccc2nc(C3CC3)c(O)cc2c1. The van der Waals surface area contributed by atoms with Gasteiger partial charge in [-0.05, 0) is 42.0 Å². The van der Waals surface area contributed by atoms with E-state index in [2.05, 4.69) is 44.0 Å². The van der Waals surface area contributed by atoms with E-state index >= 15 is 0 Å². The highest BCUT2D eigenvalue weighted by molar-refractivity contribution is 5.81. The van der Waals surface area contributed by atoms with E-state index in [1.54, 1.807) is 0 Å². The summed E-state index contributed by atoms with van der Waals surface area (Å²) in [5, 5.41) is 11.1. The smallest absolute Gasteiger partial charge is 0.138 e. The minimum absolute atomic E-state index is 0.124. The van der Waals surface area contributed by atoms with Crippen molar-refractivity contribution >= 4 is 10.9 Å². The summed E-state index contributed by atoms with van der Waals surface area (Å²) in [6.07, 6.45) is 2.32. The van der Waals surface area contributed by atoms with E-state index in [4.69, 9.17) is 0 Å². The Morgan fingerprint density at radius 2 is 1.89 bits per heavy atom. The van der Waals surface area contributed by atoms with Gasteiger partial charge in [0.1, 0.15) is 5.75 Å². The molecule has 18 heavy (non-hydrogen) atoms. The molecule has 0 amide bonds. The third-order valence-electron chi connectivity index (χ3n) is 3.65. The molecule has 0 bridgehead atoms. The Kier molecular flexibility index (Phi) is 2.37. The molecule has 94 valence electrons. The van der Waals surface area contributed by atoms with Gasteiger partial charge in [-0.3, -0.25) is 0 Å². The normalized spacial score (nSPS) is 16.2. The maximum Gasteiger partial charge on any atom is 0.138 e. The molecule has 2 heteroatoms. The molecular weight excluding hydrogens is 222 g/mol. The van der Waals surface area contributed by atoms with Gasteiger partial charge in [0, 0.05) is 11.3 Å². The lowest BCUT2D eigenvalue weighted by molar-refractivity contribution is 0.465. The second kappa shape index (κ2) is 3.71. The van der Waals surface area contributed by atoms with Crippen molar-refractivity contribution in [2.75, 3.05) is 0 Å². The third-order valence-corrected chi connectivity index (χ3v) is 3.65. The summed E-state index contributed by atoms with van der Waals surface area (Å²) >= 11 is 0. The van der Waals surface area contributed by atoms with Gasteiger partial charge in [-0.2, -0.15) is 0 Å². The average molecular weight is 241 g/mol. The standard InChI is InChI=1S/C16H19NO/c1-16(2,3)12-6-7-13-11(8-12)9-14(18)15(17-13)10-4-5-10/h6-10,18H,4-5H2,1-3H3. The monoisotopic (exact) mass is 241 g/mol. The minimum atomic E-state index is 0.124. The lowest BCUT2D eigenvalue weighted by atomic mass is 9.86. The second-order valence-corrected chi connectivity index (χ2v) is 6.32. The number of hydrogen-bond donors (Lipinski definition) is 1. The van der Waals surface area contributed by atoms with E-state index in [1.165, 1.54) is 5.56 Å². The number of rotatable bonds is 1. The lowest BCUT2D eigenvalue weighted by Gasteiger charge is -2.19. The molecular formula is C16H19NO. The maximum absolute atomic E-state index is 10.1. The molecule has 0 atom stereocenters. The molecule has 2 nitrogen and oxygen atoms in total. The Bertz CT molecular complexity index is 606. The van der Waals surface area contributed by atoms with Gasteiger partial charge >= 0.3 is 0 Å². The third kappa shape index (κ3) is 1.96. The quantitative estimate of drug-likeness (QED) is 0.814. The van der Waals surface area contributed by atoms with E-state index in [0.29, 0.717) is 11.7 Å². The first-order valence-electron chi connectivity index (χ1n) is 6.59. The van der Waals surface area contributed by atoms with Gasteiger partial charge in [0.25, 0.3) is 0 Å². The Labute approximate surface area is 108 Å². The number of aromatic nitrogens is 1. The van der Waals surface area contributed by atoms with Gasteiger partial charge in [-0.15, -0.1) is 0 Å². The Hall–Kier alpha value is -1.57. The number of fused-ring (bicyclic) bond motifs is 1. The number of nitrogens with zero attached hydrogens (tertiary/aromatic N) is 1. The number of benzene rings is 1. The molecule has 0 unspecified atom stereocenters. The molecule has 1 heterocycles. The van der Waals surface area contributed by atoms with Crippen molar-refractivity contribution in [3.05, 3.63) is 35.5 Å². The van der Waals surface area contributed by atoms with Crippen molar-refractivity contribution in [2.24, 2.45) is 0 Å². The highest BCUT2D eigenvalue weighted by atomic mass is 16.3. The van der Waals surface area contributed by atoms with Gasteiger partial charge < -0.3 is 5.11 Å². The van der Waals surface area contributed by atoms with Crippen molar-refractivity contribution in [3.8, 4) is 5.75 Å². The van der Waals surface area contributed by atoms with Crippen LogP contribution in [0.1, 0.15) is 50.8 Å². The van der Waals surface area contributed by atoms with Crippen LogP contribution in [0.4, 0.5) is 0 Å². The first kappa shape index (κ1) is 11.5. The molecule has 3 rings (SSSR count). The van der Waals surface area contributed by atoms with E-state index in [9.17, 15) is 5.11 Å². The first-order chi connectivity index (χ1) is 8.45. The predicted octanol–water partition coefficient (Wildman–Crippen LogP) is 4.12. The fourth-order valence-electron chi connectivity index (χ4n) is 2.30. The molecule has 0 saturated heterocycles. The predicted molar refractivity (Wildman–Crippen MR) is 74.1 cm³/mol. The Morgan fingerprint density at radius 1 is 1.17 bits per heavy atom. The van der Waals surface area contributed by atoms with Crippen LogP contribution < -0.4 is 0 Å². The van der Waals surface area contributed by atoms with Crippen LogP contribution in [-0.2, 0) is 5.41 Å². The molecule has 1 N–H and O–H groups in total. The average Bonchev–Trinajstić information content (AvgIpc) is 3.10. The summed E-state index contributed by atoms with van der Waals surface area (Å²) in [5.74, 6) is 0.841. The van der Waals surface area contributed by atoms with Crippen LogP contribution in [-0.4, -0.2) is 10.1 Å². The van der Waals surface area contributed by atoms with Crippen molar-refractivity contribution in [1.29, 1.82) is 0 Å². The molecule has 0 radical (unpaired) electrons. The molecule has 1 aliphatic rings. The molecule has 1 aliphatic carbocycles. The fourth-order valence-corrected chi connectivity index (χ4v) is 2.30. The fraction of sp³-hybridized carbons (Fsp3) is 0.438. The van der Waals surface area contributed by atoms with Gasteiger partial charge in [0.05, 0.1) is 11.2 Å². The minimum Gasteiger partial charge on any atom is -0.506 e. The van der Waals surface area contributed by atoms with E-state index < -0.39 is 0 Å². The number of pyridine rings is 1. The summed E-state index contributed by atoms with van der Waals surface area (Å²) in [7, 11) is 0. The molecule has 1 aromatic carbocycles. The van der Waals surface area contributed by atoms with Crippen LogP contribution in [0.15, 0.2) is 24.3 Å². The Balaban J connectivity index is 2.15. The summed E-state index contributed by atoms with van der Waals surface area (Å²) in [6.45, 7) is 6.58. The number of aromatic hydroxyl groups is 1. The summed E-state index contributed by atoms with van der Waals surface area (Å²) in [6, 6.07) is 8.22. The zero-order chi connectivity index (χ0) is 12.9. The molecule has 0 spiro atoms. The van der Waals surface area contributed by atoms with Crippen LogP contribution in [0.2, 0.25) is 0 Å². The maximum atomic E-state index is 10.1.